The molecule has 2 heterocycles. The molecule has 3 heteroatoms. The molecule has 0 bridgehead atoms. The Morgan fingerprint density at radius 3 is 3.15 bits per heavy atom. The zero-order valence-electron chi connectivity index (χ0n) is 7.94. The number of nitrogens with two attached hydrogens (primary N) is 1. The Labute approximate surface area is 83.4 Å². The summed E-state index contributed by atoms with van der Waals surface area (Å²) in [6.45, 7) is 2.00. The molecular weight excluding hydrogens is 180 g/mol. The number of hydrogen-bond acceptors (Lipinski definition) is 3. The third kappa shape index (κ3) is 1.64. The summed E-state index contributed by atoms with van der Waals surface area (Å²) in [6, 6.07) is 4.92. The molecule has 72 valence electrons. The fourth-order valence-electron chi connectivity index (χ4n) is 2.18. The van der Waals surface area contributed by atoms with Crippen LogP contribution in [0.25, 0.3) is 0 Å². The van der Waals surface area contributed by atoms with E-state index in [1.165, 1.54) is 17.8 Å². The van der Waals surface area contributed by atoms with Gasteiger partial charge in [0.05, 0.1) is 0 Å². The molecule has 0 aliphatic carbocycles. The molecule has 1 aromatic heterocycles. The Hall–Kier alpha value is -0.380. The number of rotatable bonds is 2. The van der Waals surface area contributed by atoms with Gasteiger partial charge in [0.25, 0.3) is 0 Å². The van der Waals surface area contributed by atoms with Crippen LogP contribution in [0.1, 0.15) is 17.3 Å². The van der Waals surface area contributed by atoms with Crippen molar-refractivity contribution >= 4 is 11.3 Å². The largest absolute Gasteiger partial charge is 0.330 e. The van der Waals surface area contributed by atoms with Crippen molar-refractivity contribution in [1.82, 2.24) is 4.90 Å². The average molecular weight is 196 g/mol. The van der Waals surface area contributed by atoms with E-state index in [1.807, 2.05) is 11.3 Å². The quantitative estimate of drug-likeness (QED) is 0.780. The second kappa shape index (κ2) is 3.78. The molecule has 0 saturated carbocycles. The van der Waals surface area contributed by atoms with Gasteiger partial charge in [0.2, 0.25) is 0 Å². The molecule has 0 radical (unpaired) electrons. The zero-order valence-corrected chi connectivity index (χ0v) is 8.76. The molecule has 1 aliphatic heterocycles. The van der Waals surface area contributed by atoms with Gasteiger partial charge in [-0.05, 0) is 43.9 Å². The first-order valence-electron chi connectivity index (χ1n) is 4.76. The maximum absolute atomic E-state index is 5.77. The van der Waals surface area contributed by atoms with Gasteiger partial charge in [0.15, 0.2) is 0 Å². The molecule has 0 aromatic carbocycles. The van der Waals surface area contributed by atoms with E-state index >= 15 is 0 Å². The molecule has 1 aromatic rings. The van der Waals surface area contributed by atoms with Crippen molar-refractivity contribution in [1.29, 1.82) is 0 Å². The van der Waals surface area contributed by atoms with Gasteiger partial charge in [0, 0.05) is 10.9 Å². The standard InChI is InChI=1S/C10H16N2S/c1-12-5-4-8(7-11)10(12)9-3-2-6-13-9/h2-3,6,8,10H,4-5,7,11H2,1H3/t8-,10+/m0/s1. The van der Waals surface area contributed by atoms with Gasteiger partial charge in [0.1, 0.15) is 0 Å². The lowest BCUT2D eigenvalue weighted by Crippen LogP contribution is -2.24. The molecule has 0 spiro atoms. The van der Waals surface area contributed by atoms with Crippen LogP contribution in [-0.4, -0.2) is 25.0 Å². The lowest BCUT2D eigenvalue weighted by Gasteiger charge is -2.22. The minimum atomic E-state index is 0.574. The summed E-state index contributed by atoms with van der Waals surface area (Å²) in [4.78, 5) is 3.89. The normalized spacial score (nSPS) is 29.7. The lowest BCUT2D eigenvalue weighted by molar-refractivity contribution is 0.284. The van der Waals surface area contributed by atoms with Crippen LogP contribution in [0, 0.1) is 5.92 Å². The van der Waals surface area contributed by atoms with E-state index in [1.54, 1.807) is 0 Å². The fraction of sp³-hybridized carbons (Fsp3) is 0.600. The first-order chi connectivity index (χ1) is 6.33. The van der Waals surface area contributed by atoms with Crippen molar-refractivity contribution < 1.29 is 0 Å². The van der Waals surface area contributed by atoms with Crippen LogP contribution in [-0.2, 0) is 0 Å². The Morgan fingerprint density at radius 2 is 2.54 bits per heavy atom. The predicted octanol–water partition coefficient (Wildman–Crippen LogP) is 1.70. The highest BCUT2D eigenvalue weighted by molar-refractivity contribution is 7.10. The van der Waals surface area contributed by atoms with Crippen molar-refractivity contribution in [2.45, 2.75) is 12.5 Å². The first kappa shape index (κ1) is 9.19. The highest BCUT2D eigenvalue weighted by Crippen LogP contribution is 2.37. The van der Waals surface area contributed by atoms with Crippen LogP contribution < -0.4 is 5.73 Å². The smallest absolute Gasteiger partial charge is 0.0479 e. The highest BCUT2D eigenvalue weighted by Gasteiger charge is 2.32. The summed E-state index contributed by atoms with van der Waals surface area (Å²) in [5.74, 6) is 0.656. The minimum absolute atomic E-state index is 0.574. The average Bonchev–Trinajstić information content (AvgIpc) is 2.72. The number of nitrogens with zero attached hydrogens (tertiary/aromatic N) is 1. The Morgan fingerprint density at radius 1 is 1.69 bits per heavy atom. The van der Waals surface area contributed by atoms with Crippen LogP contribution in [0.3, 0.4) is 0 Å². The summed E-state index contributed by atoms with van der Waals surface area (Å²) >= 11 is 1.85. The summed E-state index contributed by atoms with van der Waals surface area (Å²) in [5.41, 5.74) is 5.77. The molecule has 2 nitrogen and oxygen atoms in total. The molecule has 2 rings (SSSR count). The van der Waals surface area contributed by atoms with Crippen LogP contribution in [0.2, 0.25) is 0 Å². The molecule has 0 amide bonds. The van der Waals surface area contributed by atoms with Gasteiger partial charge in [-0.1, -0.05) is 6.07 Å². The topological polar surface area (TPSA) is 29.3 Å². The van der Waals surface area contributed by atoms with Crippen LogP contribution in [0.5, 0.6) is 0 Å². The third-order valence-corrected chi connectivity index (χ3v) is 3.85. The molecule has 2 atom stereocenters. The van der Waals surface area contributed by atoms with Gasteiger partial charge in [-0.25, -0.2) is 0 Å². The van der Waals surface area contributed by atoms with Crippen LogP contribution >= 0.6 is 11.3 Å². The molecule has 1 fully saturated rings. The number of thiophene rings is 1. The first-order valence-corrected chi connectivity index (χ1v) is 5.64. The summed E-state index contributed by atoms with van der Waals surface area (Å²) in [7, 11) is 2.19. The van der Waals surface area contributed by atoms with Gasteiger partial charge < -0.3 is 5.73 Å². The van der Waals surface area contributed by atoms with Crippen molar-refractivity contribution in [3.05, 3.63) is 22.4 Å². The van der Waals surface area contributed by atoms with Gasteiger partial charge in [-0.15, -0.1) is 11.3 Å². The second-order valence-corrected chi connectivity index (χ2v) is 4.70. The Bertz CT molecular complexity index is 258. The molecule has 13 heavy (non-hydrogen) atoms. The zero-order chi connectivity index (χ0) is 9.26. The van der Waals surface area contributed by atoms with Crippen LogP contribution in [0.15, 0.2) is 17.5 Å². The minimum Gasteiger partial charge on any atom is -0.330 e. The van der Waals surface area contributed by atoms with E-state index in [2.05, 4.69) is 29.5 Å². The third-order valence-electron chi connectivity index (χ3n) is 2.91. The monoisotopic (exact) mass is 196 g/mol. The van der Waals surface area contributed by atoms with E-state index in [-0.39, 0.29) is 0 Å². The van der Waals surface area contributed by atoms with Crippen LogP contribution in [0.4, 0.5) is 0 Å². The number of likely N-dealkylation sites (tertiary alicyclic amines) is 1. The van der Waals surface area contributed by atoms with Crippen molar-refractivity contribution in [3.8, 4) is 0 Å². The van der Waals surface area contributed by atoms with Gasteiger partial charge in [-0.3, -0.25) is 4.90 Å². The van der Waals surface area contributed by atoms with E-state index in [0.29, 0.717) is 12.0 Å². The second-order valence-electron chi connectivity index (χ2n) is 3.73. The fourth-order valence-corrected chi connectivity index (χ4v) is 3.17. The van der Waals surface area contributed by atoms with E-state index in [0.717, 1.165) is 6.54 Å². The molecular formula is C10H16N2S. The molecule has 0 unspecified atom stereocenters. The van der Waals surface area contributed by atoms with E-state index in [9.17, 15) is 0 Å². The summed E-state index contributed by atoms with van der Waals surface area (Å²) in [5, 5.41) is 2.15. The summed E-state index contributed by atoms with van der Waals surface area (Å²) in [6.07, 6.45) is 1.25. The highest BCUT2D eigenvalue weighted by atomic mass is 32.1. The van der Waals surface area contributed by atoms with Crippen molar-refractivity contribution in [3.63, 3.8) is 0 Å². The van der Waals surface area contributed by atoms with E-state index in [4.69, 9.17) is 5.73 Å². The molecule has 2 N–H and O–H groups in total. The van der Waals surface area contributed by atoms with Crippen molar-refractivity contribution in [2.24, 2.45) is 11.7 Å². The lowest BCUT2D eigenvalue weighted by atomic mass is 9.99. The van der Waals surface area contributed by atoms with E-state index < -0.39 is 0 Å². The van der Waals surface area contributed by atoms with Crippen molar-refractivity contribution in [2.75, 3.05) is 20.1 Å². The predicted molar refractivity (Wildman–Crippen MR) is 56.9 cm³/mol. The van der Waals surface area contributed by atoms with Gasteiger partial charge in [-0.2, -0.15) is 0 Å². The maximum Gasteiger partial charge on any atom is 0.0479 e. The molecule has 1 saturated heterocycles. The Balaban J connectivity index is 2.20. The van der Waals surface area contributed by atoms with Gasteiger partial charge >= 0.3 is 0 Å². The SMILES string of the molecule is CN1CC[C@@H](CN)[C@@H]1c1cccs1. The maximum atomic E-state index is 5.77. The number of hydrogen-bond donors (Lipinski definition) is 1. The Kier molecular flexibility index (Phi) is 2.67. The summed E-state index contributed by atoms with van der Waals surface area (Å²) < 4.78 is 0. The molecule has 1 aliphatic rings.